The molecule has 2 rings (SSSR count). The lowest BCUT2D eigenvalue weighted by molar-refractivity contribution is 0.271. The average Bonchev–Trinajstić information content (AvgIpc) is 2.48. The maximum atomic E-state index is 3.89. The second-order valence-corrected chi connectivity index (χ2v) is 4.69. The molecule has 19 heavy (non-hydrogen) atoms. The van der Waals surface area contributed by atoms with Gasteiger partial charge in [0.05, 0.1) is 0 Å². The van der Waals surface area contributed by atoms with Crippen molar-refractivity contribution in [3.63, 3.8) is 0 Å². The summed E-state index contributed by atoms with van der Waals surface area (Å²) in [6, 6.07) is 19.1. The third kappa shape index (κ3) is 3.80. The van der Waals surface area contributed by atoms with Crippen molar-refractivity contribution < 1.29 is 0 Å². The van der Waals surface area contributed by atoms with E-state index in [1.54, 1.807) is 0 Å². The van der Waals surface area contributed by atoms with E-state index in [4.69, 9.17) is 0 Å². The van der Waals surface area contributed by atoms with E-state index in [1.165, 1.54) is 16.7 Å². The van der Waals surface area contributed by atoms with Crippen molar-refractivity contribution >= 4 is 6.08 Å². The lowest BCUT2D eigenvalue weighted by Gasteiger charge is -2.21. The molecule has 0 aliphatic carbocycles. The Hall–Kier alpha value is -1.86. The minimum atomic E-state index is 0.966. The van der Waals surface area contributed by atoms with Crippen molar-refractivity contribution in [3.05, 3.63) is 77.9 Å². The second-order valence-electron chi connectivity index (χ2n) is 4.69. The van der Waals surface area contributed by atoms with Gasteiger partial charge in [-0.1, -0.05) is 74.2 Å². The molecule has 2 aromatic carbocycles. The van der Waals surface area contributed by atoms with Crippen molar-refractivity contribution in [3.8, 4) is 0 Å². The van der Waals surface area contributed by atoms with E-state index in [9.17, 15) is 0 Å². The van der Waals surface area contributed by atoms with Gasteiger partial charge in [-0.15, -0.1) is 0 Å². The Balaban J connectivity index is 2.09. The molecule has 0 aliphatic heterocycles. The van der Waals surface area contributed by atoms with Gasteiger partial charge >= 0.3 is 0 Å². The molecule has 0 unspecified atom stereocenters. The maximum Gasteiger partial charge on any atom is 0.0243 e. The van der Waals surface area contributed by atoms with Gasteiger partial charge in [0.1, 0.15) is 0 Å². The summed E-state index contributed by atoms with van der Waals surface area (Å²) in [5.41, 5.74) is 3.93. The van der Waals surface area contributed by atoms with E-state index in [2.05, 4.69) is 73.0 Å². The highest BCUT2D eigenvalue weighted by atomic mass is 15.1. The quantitative estimate of drug-likeness (QED) is 0.737. The normalized spacial score (nSPS) is 10.6. The summed E-state index contributed by atoms with van der Waals surface area (Å²) in [5.74, 6) is 0. The van der Waals surface area contributed by atoms with Gasteiger partial charge in [0.15, 0.2) is 0 Å². The van der Waals surface area contributed by atoms with Gasteiger partial charge in [0.2, 0.25) is 0 Å². The summed E-state index contributed by atoms with van der Waals surface area (Å²) in [4.78, 5) is 2.44. The summed E-state index contributed by atoms with van der Waals surface area (Å²) in [6.45, 7) is 9.09. The maximum absolute atomic E-state index is 3.89. The lowest BCUT2D eigenvalue weighted by atomic mass is 10.1. The number of hydrogen-bond donors (Lipinski definition) is 0. The van der Waals surface area contributed by atoms with E-state index in [-0.39, 0.29) is 0 Å². The number of nitrogens with zero attached hydrogens (tertiary/aromatic N) is 1. The highest BCUT2D eigenvalue weighted by Gasteiger charge is 2.06. The largest absolute Gasteiger partial charge is 0.295 e. The Morgan fingerprint density at radius 1 is 0.947 bits per heavy atom. The fourth-order valence-corrected chi connectivity index (χ4v) is 2.24. The smallest absolute Gasteiger partial charge is 0.0243 e. The Morgan fingerprint density at radius 2 is 1.63 bits per heavy atom. The van der Waals surface area contributed by atoms with Crippen LogP contribution in [0.4, 0.5) is 0 Å². The molecule has 0 radical (unpaired) electrons. The van der Waals surface area contributed by atoms with Crippen molar-refractivity contribution in [2.24, 2.45) is 0 Å². The molecule has 0 atom stereocenters. The first-order chi connectivity index (χ1) is 9.33. The van der Waals surface area contributed by atoms with E-state index < -0.39 is 0 Å². The first-order valence-corrected chi connectivity index (χ1v) is 6.80. The van der Waals surface area contributed by atoms with E-state index in [0.717, 1.165) is 19.6 Å². The summed E-state index contributed by atoms with van der Waals surface area (Å²) in [6.07, 6.45) is 1.94. The summed E-state index contributed by atoms with van der Waals surface area (Å²) in [5, 5.41) is 0. The minimum absolute atomic E-state index is 0.966. The summed E-state index contributed by atoms with van der Waals surface area (Å²) in [7, 11) is 0. The predicted molar refractivity (Wildman–Crippen MR) is 82.8 cm³/mol. The standard InChI is InChI=1S/C18H21N/c1-3-17-12-8-9-13-18(17)15-19(4-2)14-16-10-6-5-7-11-16/h3,5-13H,1,4,14-15H2,2H3. The summed E-state index contributed by atoms with van der Waals surface area (Å²) >= 11 is 0. The first-order valence-electron chi connectivity index (χ1n) is 6.80. The topological polar surface area (TPSA) is 3.24 Å². The molecule has 1 heteroatoms. The average molecular weight is 251 g/mol. The van der Waals surface area contributed by atoms with Gasteiger partial charge in [0.25, 0.3) is 0 Å². The van der Waals surface area contributed by atoms with Crippen LogP contribution in [0.5, 0.6) is 0 Å². The molecule has 0 fully saturated rings. The van der Waals surface area contributed by atoms with Crippen LogP contribution in [-0.4, -0.2) is 11.4 Å². The molecule has 1 nitrogen and oxygen atoms in total. The molecule has 0 saturated heterocycles. The monoisotopic (exact) mass is 251 g/mol. The molecule has 0 aliphatic rings. The fourth-order valence-electron chi connectivity index (χ4n) is 2.24. The molecule has 0 saturated carbocycles. The Kier molecular flexibility index (Phi) is 4.93. The van der Waals surface area contributed by atoms with Crippen LogP contribution >= 0.6 is 0 Å². The van der Waals surface area contributed by atoms with Crippen LogP contribution < -0.4 is 0 Å². The van der Waals surface area contributed by atoms with E-state index in [0.29, 0.717) is 0 Å². The van der Waals surface area contributed by atoms with E-state index in [1.807, 2.05) is 6.08 Å². The third-order valence-electron chi connectivity index (χ3n) is 3.37. The molecule has 0 N–H and O–H groups in total. The van der Waals surface area contributed by atoms with Gasteiger partial charge in [-0.25, -0.2) is 0 Å². The molecule has 2 aromatic rings. The van der Waals surface area contributed by atoms with Gasteiger partial charge < -0.3 is 0 Å². The fraction of sp³-hybridized carbons (Fsp3) is 0.222. The molecule has 98 valence electrons. The Morgan fingerprint density at radius 3 is 2.32 bits per heavy atom. The summed E-state index contributed by atoms with van der Waals surface area (Å²) < 4.78 is 0. The molecule has 0 amide bonds. The van der Waals surface area contributed by atoms with Crippen LogP contribution in [0.3, 0.4) is 0 Å². The molecule has 0 bridgehead atoms. The minimum Gasteiger partial charge on any atom is -0.295 e. The van der Waals surface area contributed by atoms with Crippen LogP contribution in [-0.2, 0) is 13.1 Å². The van der Waals surface area contributed by atoms with Crippen LogP contribution in [0.2, 0.25) is 0 Å². The second kappa shape index (κ2) is 6.91. The highest BCUT2D eigenvalue weighted by molar-refractivity contribution is 5.51. The van der Waals surface area contributed by atoms with Crippen LogP contribution in [0.1, 0.15) is 23.6 Å². The van der Waals surface area contributed by atoms with Gasteiger partial charge in [-0.3, -0.25) is 4.90 Å². The highest BCUT2D eigenvalue weighted by Crippen LogP contribution is 2.14. The van der Waals surface area contributed by atoms with Crippen molar-refractivity contribution in [1.29, 1.82) is 0 Å². The Labute approximate surface area is 116 Å². The zero-order valence-electron chi connectivity index (χ0n) is 11.5. The Bertz CT molecular complexity index is 516. The van der Waals surface area contributed by atoms with Gasteiger partial charge in [-0.2, -0.15) is 0 Å². The van der Waals surface area contributed by atoms with Crippen LogP contribution in [0, 0.1) is 0 Å². The van der Waals surface area contributed by atoms with Crippen molar-refractivity contribution in [2.75, 3.05) is 6.54 Å². The third-order valence-corrected chi connectivity index (χ3v) is 3.37. The zero-order valence-corrected chi connectivity index (χ0v) is 11.5. The van der Waals surface area contributed by atoms with Crippen molar-refractivity contribution in [2.45, 2.75) is 20.0 Å². The SMILES string of the molecule is C=Cc1ccccc1CN(CC)Cc1ccccc1. The molecular formula is C18H21N. The van der Waals surface area contributed by atoms with Crippen molar-refractivity contribution in [1.82, 2.24) is 4.90 Å². The molecule has 0 heterocycles. The lowest BCUT2D eigenvalue weighted by Crippen LogP contribution is -2.22. The van der Waals surface area contributed by atoms with Gasteiger partial charge in [0, 0.05) is 13.1 Å². The van der Waals surface area contributed by atoms with E-state index >= 15 is 0 Å². The zero-order chi connectivity index (χ0) is 13.5. The number of hydrogen-bond acceptors (Lipinski definition) is 1. The number of benzene rings is 2. The van der Waals surface area contributed by atoms with Gasteiger partial charge in [-0.05, 0) is 23.2 Å². The molecular weight excluding hydrogens is 230 g/mol. The number of rotatable bonds is 6. The van der Waals surface area contributed by atoms with Crippen LogP contribution in [0.25, 0.3) is 6.08 Å². The predicted octanol–water partition coefficient (Wildman–Crippen LogP) is 4.35. The molecule has 0 spiro atoms. The molecule has 0 aromatic heterocycles. The first kappa shape index (κ1) is 13.6. The van der Waals surface area contributed by atoms with Crippen LogP contribution in [0.15, 0.2) is 61.2 Å².